The molecule has 0 saturated carbocycles. The van der Waals surface area contributed by atoms with E-state index >= 15 is 0 Å². The molecule has 0 spiro atoms. The van der Waals surface area contributed by atoms with Gasteiger partial charge in [0.15, 0.2) is 0 Å². The first-order valence-corrected chi connectivity index (χ1v) is 5.52. The van der Waals surface area contributed by atoms with E-state index in [1.54, 1.807) is 0 Å². The van der Waals surface area contributed by atoms with Crippen LogP contribution in [-0.4, -0.2) is 11.6 Å². The van der Waals surface area contributed by atoms with Crippen LogP contribution in [0, 0.1) is 20.8 Å². The third-order valence-corrected chi connectivity index (χ3v) is 2.43. The second kappa shape index (κ2) is 4.28. The van der Waals surface area contributed by atoms with Crippen molar-refractivity contribution in [2.24, 2.45) is 0 Å². The van der Waals surface area contributed by atoms with E-state index in [-0.39, 0.29) is 5.97 Å². The lowest BCUT2D eigenvalue weighted by atomic mass is 10.00. The molecule has 0 aliphatic carbocycles. The van der Waals surface area contributed by atoms with E-state index in [4.69, 9.17) is 4.74 Å². The van der Waals surface area contributed by atoms with E-state index < -0.39 is 5.60 Å². The molecule has 88 valence electrons. The normalized spacial score (nSPS) is 11.4. The van der Waals surface area contributed by atoms with Crippen LogP contribution in [0.25, 0.3) is 0 Å². The van der Waals surface area contributed by atoms with E-state index in [1.807, 2.05) is 47.6 Å². The quantitative estimate of drug-likeness (QED) is 0.676. The van der Waals surface area contributed by atoms with Gasteiger partial charge in [-0.05, 0) is 64.3 Å². The zero-order valence-electron chi connectivity index (χ0n) is 11.0. The fourth-order valence-electron chi connectivity index (χ4n) is 1.58. The number of rotatable bonds is 1. The van der Waals surface area contributed by atoms with Crippen LogP contribution >= 0.6 is 0 Å². The summed E-state index contributed by atoms with van der Waals surface area (Å²) >= 11 is 0. The highest BCUT2D eigenvalue weighted by atomic mass is 16.6. The molecule has 2 nitrogen and oxygen atoms in total. The minimum absolute atomic E-state index is 0.239. The Hall–Kier alpha value is -1.31. The third-order valence-electron chi connectivity index (χ3n) is 2.43. The summed E-state index contributed by atoms with van der Waals surface area (Å²) in [6.07, 6.45) is 0. The second-order valence-corrected chi connectivity index (χ2v) is 5.26. The Bertz CT molecular complexity index is 411. The summed E-state index contributed by atoms with van der Waals surface area (Å²) < 4.78 is 5.38. The number of carbonyl (C=O) groups is 1. The van der Waals surface area contributed by atoms with Crippen molar-refractivity contribution < 1.29 is 9.53 Å². The first kappa shape index (κ1) is 12.8. The van der Waals surface area contributed by atoms with Gasteiger partial charge in [0.05, 0.1) is 5.56 Å². The van der Waals surface area contributed by atoms with Crippen molar-refractivity contribution in [2.75, 3.05) is 0 Å². The SMILES string of the molecule is Cc1cc(C)c(C)c(C(=O)OC(C)(C)C)c1. The van der Waals surface area contributed by atoms with Gasteiger partial charge in [0.1, 0.15) is 5.60 Å². The number of aryl methyl sites for hydroxylation is 2. The van der Waals surface area contributed by atoms with E-state index in [1.165, 1.54) is 0 Å². The second-order valence-electron chi connectivity index (χ2n) is 5.26. The molecule has 0 radical (unpaired) electrons. The van der Waals surface area contributed by atoms with Gasteiger partial charge in [0.25, 0.3) is 0 Å². The van der Waals surface area contributed by atoms with Crippen molar-refractivity contribution in [1.29, 1.82) is 0 Å². The average Bonchev–Trinajstić information content (AvgIpc) is 2.08. The molecule has 0 atom stereocenters. The molecule has 0 aliphatic heterocycles. The third kappa shape index (κ3) is 3.09. The van der Waals surface area contributed by atoms with E-state index in [0.717, 1.165) is 16.7 Å². The van der Waals surface area contributed by atoms with Crippen molar-refractivity contribution in [2.45, 2.75) is 47.1 Å². The summed E-state index contributed by atoms with van der Waals surface area (Å²) in [7, 11) is 0. The summed E-state index contributed by atoms with van der Waals surface area (Å²) in [4.78, 5) is 12.0. The molecule has 0 N–H and O–H groups in total. The number of hydrogen-bond acceptors (Lipinski definition) is 2. The van der Waals surface area contributed by atoms with Crippen LogP contribution in [0.4, 0.5) is 0 Å². The molecule has 1 rings (SSSR count). The summed E-state index contributed by atoms with van der Waals surface area (Å²) in [6, 6.07) is 3.96. The highest BCUT2D eigenvalue weighted by Crippen LogP contribution is 2.19. The molecule has 0 unspecified atom stereocenters. The van der Waals surface area contributed by atoms with Crippen molar-refractivity contribution >= 4 is 5.97 Å². The molecule has 0 fully saturated rings. The summed E-state index contributed by atoms with van der Waals surface area (Å²) in [6.45, 7) is 11.6. The van der Waals surface area contributed by atoms with E-state index in [9.17, 15) is 4.79 Å². The summed E-state index contributed by atoms with van der Waals surface area (Å²) in [5.74, 6) is -0.239. The standard InChI is InChI=1S/C14H20O2/c1-9-7-10(2)11(3)12(8-9)13(15)16-14(4,5)6/h7-8H,1-6H3. The minimum Gasteiger partial charge on any atom is -0.456 e. The Kier molecular flexibility index (Phi) is 3.41. The molecule has 0 aliphatic rings. The number of benzene rings is 1. The topological polar surface area (TPSA) is 26.3 Å². The number of carbonyl (C=O) groups excluding carboxylic acids is 1. The largest absolute Gasteiger partial charge is 0.456 e. The number of esters is 1. The maximum atomic E-state index is 12.0. The van der Waals surface area contributed by atoms with Gasteiger partial charge in [-0.25, -0.2) is 4.79 Å². The zero-order chi connectivity index (χ0) is 12.5. The highest BCUT2D eigenvalue weighted by molar-refractivity contribution is 5.91. The maximum Gasteiger partial charge on any atom is 0.338 e. The lowest BCUT2D eigenvalue weighted by Gasteiger charge is -2.20. The van der Waals surface area contributed by atoms with Crippen LogP contribution in [0.5, 0.6) is 0 Å². The Morgan fingerprint density at radius 1 is 1.12 bits per heavy atom. The van der Waals surface area contributed by atoms with E-state index in [0.29, 0.717) is 5.56 Å². The molecule has 0 saturated heterocycles. The van der Waals surface area contributed by atoms with Crippen LogP contribution < -0.4 is 0 Å². The molecule has 0 amide bonds. The van der Waals surface area contributed by atoms with Gasteiger partial charge < -0.3 is 4.74 Å². The smallest absolute Gasteiger partial charge is 0.338 e. The van der Waals surface area contributed by atoms with Crippen LogP contribution in [0.15, 0.2) is 12.1 Å². The molecule has 1 aromatic rings. The van der Waals surface area contributed by atoms with Gasteiger partial charge in [-0.2, -0.15) is 0 Å². The highest BCUT2D eigenvalue weighted by Gasteiger charge is 2.19. The molecule has 2 heteroatoms. The lowest BCUT2D eigenvalue weighted by Crippen LogP contribution is -2.24. The Morgan fingerprint density at radius 3 is 2.19 bits per heavy atom. The van der Waals surface area contributed by atoms with E-state index in [2.05, 4.69) is 6.07 Å². The fraction of sp³-hybridized carbons (Fsp3) is 0.500. The first-order chi connectivity index (χ1) is 7.20. The summed E-state index contributed by atoms with van der Waals surface area (Å²) in [5, 5.41) is 0. The Morgan fingerprint density at radius 2 is 1.69 bits per heavy atom. The number of ether oxygens (including phenoxy) is 1. The van der Waals surface area contributed by atoms with Crippen LogP contribution in [-0.2, 0) is 4.74 Å². The van der Waals surface area contributed by atoms with Crippen LogP contribution in [0.1, 0.15) is 47.8 Å². The first-order valence-electron chi connectivity index (χ1n) is 5.52. The predicted octanol–water partition coefficient (Wildman–Crippen LogP) is 3.57. The van der Waals surface area contributed by atoms with Crippen molar-refractivity contribution in [3.8, 4) is 0 Å². The van der Waals surface area contributed by atoms with Gasteiger partial charge in [-0.3, -0.25) is 0 Å². The Labute approximate surface area is 97.6 Å². The number of hydrogen-bond donors (Lipinski definition) is 0. The van der Waals surface area contributed by atoms with Crippen LogP contribution in [0.3, 0.4) is 0 Å². The zero-order valence-corrected chi connectivity index (χ0v) is 11.0. The van der Waals surface area contributed by atoms with Gasteiger partial charge in [0, 0.05) is 0 Å². The molecular formula is C14H20O2. The van der Waals surface area contributed by atoms with Crippen LogP contribution in [0.2, 0.25) is 0 Å². The maximum absolute atomic E-state index is 12.0. The predicted molar refractivity (Wildman–Crippen MR) is 65.8 cm³/mol. The lowest BCUT2D eigenvalue weighted by molar-refractivity contribution is 0.00685. The van der Waals surface area contributed by atoms with Gasteiger partial charge in [-0.15, -0.1) is 0 Å². The monoisotopic (exact) mass is 220 g/mol. The van der Waals surface area contributed by atoms with Gasteiger partial charge >= 0.3 is 5.97 Å². The van der Waals surface area contributed by atoms with Crippen molar-refractivity contribution in [3.63, 3.8) is 0 Å². The fourth-order valence-corrected chi connectivity index (χ4v) is 1.58. The van der Waals surface area contributed by atoms with Crippen molar-refractivity contribution in [3.05, 3.63) is 34.4 Å². The average molecular weight is 220 g/mol. The van der Waals surface area contributed by atoms with Crippen molar-refractivity contribution in [1.82, 2.24) is 0 Å². The van der Waals surface area contributed by atoms with Gasteiger partial charge in [-0.1, -0.05) is 6.07 Å². The molecule has 1 aromatic carbocycles. The molecule has 0 aromatic heterocycles. The minimum atomic E-state index is -0.443. The molecule has 0 bridgehead atoms. The van der Waals surface area contributed by atoms with Gasteiger partial charge in [0.2, 0.25) is 0 Å². The molecule has 16 heavy (non-hydrogen) atoms. The summed E-state index contributed by atoms with van der Waals surface area (Å²) in [5.41, 5.74) is 3.44. The Balaban J connectivity index is 3.09. The molecule has 0 heterocycles. The molecular weight excluding hydrogens is 200 g/mol.